The Morgan fingerprint density at radius 2 is 1.66 bits per heavy atom. The molecule has 1 saturated carbocycles. The Kier molecular flexibility index (Phi) is 6.28. The summed E-state index contributed by atoms with van der Waals surface area (Å²) in [5, 5.41) is 0. The average molecular weight is 468 g/mol. The molecule has 0 atom stereocenters. The topological polar surface area (TPSA) is 69.7 Å². The third-order valence-electron chi connectivity index (χ3n) is 5.64. The molecule has 172 valence electrons. The van der Waals surface area contributed by atoms with Crippen molar-refractivity contribution in [1.82, 2.24) is 14.5 Å². The lowest BCUT2D eigenvalue weighted by atomic mass is 10.1. The van der Waals surface area contributed by atoms with Crippen LogP contribution in [-0.4, -0.2) is 56.3 Å². The predicted molar refractivity (Wildman–Crippen MR) is 112 cm³/mol. The molecule has 0 bridgehead atoms. The maximum atomic E-state index is 12.9. The van der Waals surface area contributed by atoms with E-state index in [2.05, 4.69) is 9.62 Å². The minimum atomic E-state index is -4.35. The van der Waals surface area contributed by atoms with Gasteiger partial charge in [0.15, 0.2) is 0 Å². The Bertz CT molecular complexity index is 1080. The minimum absolute atomic E-state index is 0.0166. The van der Waals surface area contributed by atoms with Gasteiger partial charge in [-0.25, -0.2) is 13.1 Å². The van der Waals surface area contributed by atoms with Crippen LogP contribution < -0.4 is 4.72 Å². The van der Waals surface area contributed by atoms with Crippen LogP contribution in [0, 0.1) is 0 Å². The molecule has 10 heteroatoms. The first-order chi connectivity index (χ1) is 15.1. The van der Waals surface area contributed by atoms with Gasteiger partial charge in [-0.1, -0.05) is 18.2 Å². The van der Waals surface area contributed by atoms with E-state index in [1.807, 2.05) is 0 Å². The lowest BCUT2D eigenvalue weighted by molar-refractivity contribution is -0.137. The van der Waals surface area contributed by atoms with Crippen molar-refractivity contribution >= 4 is 15.9 Å². The number of nitrogens with one attached hydrogen (secondary N) is 1. The molecule has 2 aliphatic rings. The van der Waals surface area contributed by atoms with E-state index < -0.39 is 21.8 Å². The highest BCUT2D eigenvalue weighted by Crippen LogP contribution is 2.29. The highest BCUT2D eigenvalue weighted by Gasteiger charge is 2.31. The van der Waals surface area contributed by atoms with E-state index in [1.54, 1.807) is 17.0 Å². The lowest BCUT2D eigenvalue weighted by Crippen LogP contribution is -2.48. The van der Waals surface area contributed by atoms with E-state index in [9.17, 15) is 26.4 Å². The fourth-order valence-corrected chi connectivity index (χ4v) is 4.98. The number of hydrogen-bond acceptors (Lipinski definition) is 4. The van der Waals surface area contributed by atoms with Crippen molar-refractivity contribution in [3.05, 3.63) is 65.2 Å². The summed E-state index contributed by atoms with van der Waals surface area (Å²) in [5.41, 5.74) is 0.423. The van der Waals surface area contributed by atoms with E-state index in [1.165, 1.54) is 24.3 Å². The number of halogens is 3. The lowest BCUT2D eigenvalue weighted by Gasteiger charge is -2.35. The first kappa shape index (κ1) is 22.8. The van der Waals surface area contributed by atoms with Gasteiger partial charge in [-0.15, -0.1) is 0 Å². The summed E-state index contributed by atoms with van der Waals surface area (Å²) in [4.78, 5) is 16.7. The molecule has 0 spiro atoms. The average Bonchev–Trinajstić information content (AvgIpc) is 3.57. The van der Waals surface area contributed by atoms with E-state index in [4.69, 9.17) is 0 Å². The molecule has 0 unspecified atom stereocenters. The van der Waals surface area contributed by atoms with Crippen LogP contribution in [0.2, 0.25) is 0 Å². The molecule has 2 fully saturated rings. The highest BCUT2D eigenvalue weighted by atomic mass is 32.2. The summed E-state index contributed by atoms with van der Waals surface area (Å²) in [7, 11) is -3.64. The van der Waals surface area contributed by atoms with Crippen LogP contribution >= 0.6 is 0 Å². The standard InChI is InChI=1S/C22H24F3N3O3S/c23-22(24,25)18-6-4-16(5-7-18)15-27-10-12-28(13-11-27)21(29)17-2-1-3-20(14-17)32(30,31)26-19-8-9-19/h1-7,14,19,26H,8-13,15H2. The van der Waals surface area contributed by atoms with Crippen LogP contribution in [0.5, 0.6) is 0 Å². The molecule has 6 nitrogen and oxygen atoms in total. The summed E-state index contributed by atoms with van der Waals surface area (Å²) >= 11 is 0. The molecule has 1 aliphatic heterocycles. The number of piperazine rings is 1. The van der Waals surface area contributed by atoms with Gasteiger partial charge < -0.3 is 4.90 Å². The van der Waals surface area contributed by atoms with Crippen molar-refractivity contribution in [2.45, 2.75) is 36.5 Å². The van der Waals surface area contributed by atoms with Gasteiger partial charge in [0.2, 0.25) is 10.0 Å². The van der Waals surface area contributed by atoms with Gasteiger partial charge in [0.25, 0.3) is 5.91 Å². The number of nitrogens with zero attached hydrogens (tertiary/aromatic N) is 2. The van der Waals surface area contributed by atoms with Gasteiger partial charge in [0.05, 0.1) is 10.5 Å². The molecule has 1 amide bonds. The SMILES string of the molecule is O=C(c1cccc(S(=O)(=O)NC2CC2)c1)N1CCN(Cc2ccc(C(F)(F)F)cc2)CC1. The Labute approximate surface area is 185 Å². The number of amides is 1. The molecular formula is C22H24F3N3O3S. The fourth-order valence-electron chi connectivity index (χ4n) is 3.63. The summed E-state index contributed by atoms with van der Waals surface area (Å²) in [5.74, 6) is -0.234. The molecule has 1 saturated heterocycles. The zero-order valence-corrected chi connectivity index (χ0v) is 18.1. The maximum Gasteiger partial charge on any atom is 0.416 e. The minimum Gasteiger partial charge on any atom is -0.336 e. The predicted octanol–water partition coefficient (Wildman–Crippen LogP) is 3.10. The van der Waals surface area contributed by atoms with Gasteiger partial charge in [-0.05, 0) is 48.7 Å². The second kappa shape index (κ2) is 8.84. The van der Waals surface area contributed by atoms with Gasteiger partial charge in [0, 0.05) is 44.3 Å². The Morgan fingerprint density at radius 3 is 2.25 bits per heavy atom. The maximum absolute atomic E-state index is 12.9. The summed E-state index contributed by atoms with van der Waals surface area (Å²) in [6.45, 7) is 2.57. The van der Waals surface area contributed by atoms with Gasteiger partial charge >= 0.3 is 6.18 Å². The molecule has 2 aromatic rings. The number of rotatable bonds is 6. The smallest absolute Gasteiger partial charge is 0.336 e. The van der Waals surface area contributed by atoms with Crippen LogP contribution in [0.1, 0.15) is 34.3 Å². The van der Waals surface area contributed by atoms with Gasteiger partial charge in [-0.2, -0.15) is 13.2 Å². The van der Waals surface area contributed by atoms with Crippen molar-refractivity contribution in [1.29, 1.82) is 0 Å². The first-order valence-electron chi connectivity index (χ1n) is 10.4. The molecule has 0 radical (unpaired) electrons. The van der Waals surface area contributed by atoms with Crippen molar-refractivity contribution in [2.24, 2.45) is 0 Å². The summed E-state index contributed by atoms with van der Waals surface area (Å²) in [6, 6.07) is 11.1. The van der Waals surface area contributed by atoms with Gasteiger partial charge in [-0.3, -0.25) is 9.69 Å². The number of alkyl halides is 3. The molecule has 0 aromatic heterocycles. The quantitative estimate of drug-likeness (QED) is 0.709. The molecule has 2 aromatic carbocycles. The largest absolute Gasteiger partial charge is 0.416 e. The monoisotopic (exact) mass is 467 g/mol. The number of sulfonamides is 1. The van der Waals surface area contributed by atoms with E-state index >= 15 is 0 Å². The number of carbonyl (C=O) groups excluding carboxylic acids is 1. The first-order valence-corrected chi connectivity index (χ1v) is 11.9. The van der Waals surface area contributed by atoms with E-state index in [0.29, 0.717) is 38.3 Å². The fraction of sp³-hybridized carbons (Fsp3) is 0.409. The van der Waals surface area contributed by atoms with Crippen LogP contribution in [0.4, 0.5) is 13.2 Å². The van der Waals surface area contributed by atoms with Crippen LogP contribution in [0.15, 0.2) is 53.4 Å². The van der Waals surface area contributed by atoms with Crippen molar-refractivity contribution < 1.29 is 26.4 Å². The number of carbonyl (C=O) groups is 1. The van der Waals surface area contributed by atoms with Gasteiger partial charge in [0.1, 0.15) is 0 Å². The summed E-state index contributed by atoms with van der Waals surface area (Å²) in [6.07, 6.45) is -2.70. The van der Waals surface area contributed by atoms with Crippen LogP contribution in [0.25, 0.3) is 0 Å². The molecular weight excluding hydrogens is 443 g/mol. The molecule has 4 rings (SSSR count). The Hall–Kier alpha value is -2.43. The number of benzene rings is 2. The van der Waals surface area contributed by atoms with E-state index in [0.717, 1.165) is 30.5 Å². The molecule has 32 heavy (non-hydrogen) atoms. The highest BCUT2D eigenvalue weighted by molar-refractivity contribution is 7.89. The Balaban J connectivity index is 1.34. The third kappa shape index (κ3) is 5.48. The Morgan fingerprint density at radius 1 is 1.00 bits per heavy atom. The van der Waals surface area contributed by atoms with Crippen LogP contribution in [-0.2, 0) is 22.7 Å². The summed E-state index contributed by atoms with van der Waals surface area (Å²) < 4.78 is 65.6. The molecule has 1 heterocycles. The zero-order valence-electron chi connectivity index (χ0n) is 17.3. The number of hydrogen-bond donors (Lipinski definition) is 1. The van der Waals surface area contributed by atoms with Crippen molar-refractivity contribution in [2.75, 3.05) is 26.2 Å². The normalized spacial score (nSPS) is 18.0. The van der Waals surface area contributed by atoms with Crippen molar-refractivity contribution in [3.63, 3.8) is 0 Å². The molecule has 1 aliphatic carbocycles. The van der Waals surface area contributed by atoms with E-state index in [-0.39, 0.29) is 16.8 Å². The zero-order chi connectivity index (χ0) is 22.9. The molecule has 1 N–H and O–H groups in total. The second-order valence-corrected chi connectivity index (χ2v) is 9.90. The van der Waals surface area contributed by atoms with Crippen LogP contribution in [0.3, 0.4) is 0 Å². The van der Waals surface area contributed by atoms with Crippen molar-refractivity contribution in [3.8, 4) is 0 Å². The second-order valence-electron chi connectivity index (χ2n) is 8.19. The third-order valence-corrected chi connectivity index (χ3v) is 7.16.